The van der Waals surface area contributed by atoms with E-state index in [1.165, 1.54) is 24.3 Å². The maximum absolute atomic E-state index is 12.5. The number of halogens is 3. The number of benzene rings is 2. The lowest BCUT2D eigenvalue weighted by Gasteiger charge is -2.08. The number of aromatic nitrogens is 3. The summed E-state index contributed by atoms with van der Waals surface area (Å²) < 4.78 is 37.6. The molecule has 0 saturated heterocycles. The molecule has 0 fully saturated rings. The Balaban J connectivity index is 1.58. The number of nitrogens with one attached hydrogen (secondary N) is 2. The Labute approximate surface area is 151 Å². The number of anilines is 1. The molecule has 3 aromatic rings. The number of aromatic amines is 1. The second-order valence-electron chi connectivity index (χ2n) is 5.67. The van der Waals surface area contributed by atoms with Gasteiger partial charge in [-0.1, -0.05) is 12.1 Å². The van der Waals surface area contributed by atoms with Crippen LogP contribution in [0, 0.1) is 10.1 Å². The molecule has 0 radical (unpaired) electrons. The third kappa shape index (κ3) is 4.60. The van der Waals surface area contributed by atoms with Crippen molar-refractivity contribution in [1.29, 1.82) is 0 Å². The van der Waals surface area contributed by atoms with Gasteiger partial charge < -0.3 is 5.32 Å². The topological polar surface area (TPSA) is 96.7 Å². The minimum absolute atomic E-state index is 0.0529. The minimum Gasteiger partial charge on any atom is -0.385 e. The van der Waals surface area contributed by atoms with Crippen LogP contribution in [0.1, 0.15) is 11.4 Å². The van der Waals surface area contributed by atoms with Crippen molar-refractivity contribution in [2.45, 2.75) is 12.6 Å². The molecule has 0 spiro atoms. The van der Waals surface area contributed by atoms with E-state index in [1.54, 1.807) is 12.1 Å². The molecule has 2 N–H and O–H groups in total. The summed E-state index contributed by atoms with van der Waals surface area (Å²) in [7, 11) is 0. The molecule has 27 heavy (non-hydrogen) atoms. The molecular weight excluding hydrogens is 363 g/mol. The Kier molecular flexibility index (Phi) is 5.06. The number of alkyl halides is 3. The second-order valence-corrected chi connectivity index (χ2v) is 5.67. The van der Waals surface area contributed by atoms with Crippen LogP contribution in [0.5, 0.6) is 0 Å². The third-order valence-corrected chi connectivity index (χ3v) is 3.75. The fourth-order valence-electron chi connectivity index (χ4n) is 2.40. The number of nitro benzene ring substituents is 1. The predicted molar refractivity (Wildman–Crippen MR) is 92.1 cm³/mol. The van der Waals surface area contributed by atoms with E-state index in [2.05, 4.69) is 20.5 Å². The number of hydrogen-bond acceptors (Lipinski definition) is 5. The maximum atomic E-state index is 12.5. The molecule has 1 heterocycles. The molecule has 10 heteroatoms. The van der Waals surface area contributed by atoms with Crippen LogP contribution < -0.4 is 5.32 Å². The maximum Gasteiger partial charge on any atom is 0.416 e. The van der Waals surface area contributed by atoms with Crippen LogP contribution in [0.25, 0.3) is 11.4 Å². The van der Waals surface area contributed by atoms with Crippen molar-refractivity contribution < 1.29 is 18.1 Å². The summed E-state index contributed by atoms with van der Waals surface area (Å²) in [4.78, 5) is 14.6. The van der Waals surface area contributed by atoms with E-state index in [0.29, 0.717) is 35.9 Å². The number of nitro groups is 1. The standard InChI is InChI=1S/C17H14F3N5O2/c18-17(19,20)12-4-6-13(7-5-12)21-9-8-15-22-16(24-23-15)11-2-1-3-14(10-11)25(26)27/h1-7,10,21H,8-9H2,(H,22,23,24). The van der Waals surface area contributed by atoms with Crippen molar-refractivity contribution in [3.63, 3.8) is 0 Å². The first-order valence-electron chi connectivity index (χ1n) is 7.90. The van der Waals surface area contributed by atoms with E-state index in [1.807, 2.05) is 0 Å². The van der Waals surface area contributed by atoms with Crippen molar-refractivity contribution in [3.8, 4) is 11.4 Å². The van der Waals surface area contributed by atoms with Gasteiger partial charge in [-0.2, -0.15) is 18.3 Å². The van der Waals surface area contributed by atoms with Crippen molar-refractivity contribution in [2.75, 3.05) is 11.9 Å². The Bertz CT molecular complexity index is 938. The molecule has 0 unspecified atom stereocenters. The number of non-ortho nitro benzene ring substituents is 1. The molecule has 0 aliphatic rings. The molecule has 1 aromatic heterocycles. The van der Waals surface area contributed by atoms with Gasteiger partial charge in [-0.3, -0.25) is 15.2 Å². The van der Waals surface area contributed by atoms with Crippen molar-refractivity contribution in [2.24, 2.45) is 0 Å². The summed E-state index contributed by atoms with van der Waals surface area (Å²) in [6.45, 7) is 0.426. The van der Waals surface area contributed by atoms with Crippen LogP contribution in [-0.2, 0) is 12.6 Å². The van der Waals surface area contributed by atoms with Gasteiger partial charge >= 0.3 is 6.18 Å². The van der Waals surface area contributed by atoms with Gasteiger partial charge in [0.05, 0.1) is 10.5 Å². The Morgan fingerprint density at radius 1 is 1.15 bits per heavy atom. The molecule has 0 aliphatic heterocycles. The molecule has 7 nitrogen and oxygen atoms in total. The molecule has 0 bridgehead atoms. The van der Waals surface area contributed by atoms with Gasteiger partial charge in [0.1, 0.15) is 5.82 Å². The van der Waals surface area contributed by atoms with Gasteiger partial charge in [0.25, 0.3) is 5.69 Å². The van der Waals surface area contributed by atoms with E-state index in [4.69, 9.17) is 0 Å². The average molecular weight is 377 g/mol. The van der Waals surface area contributed by atoms with Gasteiger partial charge in [0, 0.05) is 36.3 Å². The molecule has 0 saturated carbocycles. The Hall–Kier alpha value is -3.43. The molecule has 2 aromatic carbocycles. The van der Waals surface area contributed by atoms with Crippen LogP contribution in [0.4, 0.5) is 24.5 Å². The number of nitrogens with zero attached hydrogens (tertiary/aromatic N) is 3. The fraction of sp³-hybridized carbons (Fsp3) is 0.176. The first-order chi connectivity index (χ1) is 12.8. The first-order valence-corrected chi connectivity index (χ1v) is 7.90. The summed E-state index contributed by atoms with van der Waals surface area (Å²) in [5.41, 5.74) is 0.316. The zero-order chi connectivity index (χ0) is 19.4. The molecule has 140 valence electrons. The highest BCUT2D eigenvalue weighted by molar-refractivity contribution is 5.58. The summed E-state index contributed by atoms with van der Waals surface area (Å²) in [6, 6.07) is 10.7. The average Bonchev–Trinajstić information content (AvgIpc) is 3.10. The first kappa shape index (κ1) is 18.4. The summed E-state index contributed by atoms with van der Waals surface area (Å²) in [6.07, 6.45) is -3.91. The van der Waals surface area contributed by atoms with Crippen LogP contribution in [-0.4, -0.2) is 26.6 Å². The largest absolute Gasteiger partial charge is 0.416 e. The fourth-order valence-corrected chi connectivity index (χ4v) is 2.40. The van der Waals surface area contributed by atoms with Gasteiger partial charge in [0.15, 0.2) is 5.82 Å². The lowest BCUT2D eigenvalue weighted by Crippen LogP contribution is -2.07. The van der Waals surface area contributed by atoms with Crippen molar-refractivity contribution in [3.05, 3.63) is 70.0 Å². The number of hydrogen-bond donors (Lipinski definition) is 2. The van der Waals surface area contributed by atoms with Crippen LogP contribution in [0.3, 0.4) is 0 Å². The Morgan fingerprint density at radius 3 is 2.56 bits per heavy atom. The van der Waals surface area contributed by atoms with Gasteiger partial charge in [-0.05, 0) is 24.3 Å². The smallest absolute Gasteiger partial charge is 0.385 e. The predicted octanol–water partition coefficient (Wildman–Crippen LogP) is 4.05. The molecule has 3 rings (SSSR count). The normalized spacial score (nSPS) is 11.4. The van der Waals surface area contributed by atoms with Crippen molar-refractivity contribution in [1.82, 2.24) is 15.2 Å². The van der Waals surface area contributed by atoms with E-state index in [9.17, 15) is 23.3 Å². The van der Waals surface area contributed by atoms with Crippen molar-refractivity contribution >= 4 is 11.4 Å². The highest BCUT2D eigenvalue weighted by Gasteiger charge is 2.29. The highest BCUT2D eigenvalue weighted by atomic mass is 19.4. The zero-order valence-electron chi connectivity index (χ0n) is 13.8. The van der Waals surface area contributed by atoms with E-state index >= 15 is 0 Å². The number of H-pyrrole nitrogens is 1. The van der Waals surface area contributed by atoms with Crippen LogP contribution >= 0.6 is 0 Å². The lowest BCUT2D eigenvalue weighted by atomic mass is 10.2. The molecular formula is C17H14F3N5O2. The van der Waals surface area contributed by atoms with Crippen LogP contribution in [0.15, 0.2) is 48.5 Å². The Morgan fingerprint density at radius 2 is 1.89 bits per heavy atom. The summed E-state index contributed by atoms with van der Waals surface area (Å²) in [5.74, 6) is 0.888. The van der Waals surface area contributed by atoms with Gasteiger partial charge in [-0.15, -0.1) is 0 Å². The van der Waals surface area contributed by atoms with E-state index < -0.39 is 16.7 Å². The molecule has 0 amide bonds. The minimum atomic E-state index is -4.36. The zero-order valence-corrected chi connectivity index (χ0v) is 13.8. The van der Waals surface area contributed by atoms with E-state index in [-0.39, 0.29) is 5.69 Å². The third-order valence-electron chi connectivity index (χ3n) is 3.75. The van der Waals surface area contributed by atoms with Crippen LogP contribution in [0.2, 0.25) is 0 Å². The van der Waals surface area contributed by atoms with Gasteiger partial charge in [-0.25, -0.2) is 4.98 Å². The summed E-state index contributed by atoms with van der Waals surface area (Å²) >= 11 is 0. The second kappa shape index (κ2) is 7.44. The molecule has 0 aliphatic carbocycles. The number of rotatable bonds is 6. The lowest BCUT2D eigenvalue weighted by molar-refractivity contribution is -0.384. The highest BCUT2D eigenvalue weighted by Crippen LogP contribution is 2.29. The quantitative estimate of drug-likeness (QED) is 0.499. The monoisotopic (exact) mass is 377 g/mol. The molecule has 0 atom stereocenters. The SMILES string of the molecule is O=[N+]([O-])c1cccc(-c2n[nH]c(CCNc3ccc(C(F)(F)F)cc3)n2)c1. The van der Waals surface area contributed by atoms with E-state index in [0.717, 1.165) is 12.1 Å². The summed E-state index contributed by atoms with van der Waals surface area (Å²) in [5, 5.41) is 20.6. The van der Waals surface area contributed by atoms with Gasteiger partial charge in [0.2, 0.25) is 0 Å².